The van der Waals surface area contributed by atoms with Gasteiger partial charge in [0.25, 0.3) is 0 Å². The minimum absolute atomic E-state index is 0.201. The predicted molar refractivity (Wildman–Crippen MR) is 135 cm³/mol. The molecule has 0 saturated carbocycles. The molecule has 2 aliphatic rings. The lowest BCUT2D eigenvalue weighted by Gasteiger charge is -2.31. The van der Waals surface area contributed by atoms with Gasteiger partial charge >= 0.3 is 0 Å². The summed E-state index contributed by atoms with van der Waals surface area (Å²) in [6.07, 6.45) is 1.60. The Labute approximate surface area is 208 Å². The van der Waals surface area contributed by atoms with E-state index < -0.39 is 17.4 Å². The summed E-state index contributed by atoms with van der Waals surface area (Å²) >= 11 is 6.75. The molecule has 0 radical (unpaired) electrons. The molecule has 0 bridgehead atoms. The number of amides is 1. The Morgan fingerprint density at radius 3 is 2.34 bits per heavy atom. The van der Waals surface area contributed by atoms with E-state index in [-0.39, 0.29) is 17.7 Å². The third-order valence-electron chi connectivity index (χ3n) is 7.15. The van der Waals surface area contributed by atoms with Crippen LogP contribution < -0.4 is 10.6 Å². The molecule has 172 valence electrons. The number of nitrogens with zero attached hydrogens (tertiary/aromatic N) is 1. The second-order valence-corrected chi connectivity index (χ2v) is 9.35. The van der Waals surface area contributed by atoms with Crippen molar-refractivity contribution in [3.05, 3.63) is 131 Å². The largest absolute Gasteiger partial charge is 0.324 e. The number of hydrogen-bond acceptors (Lipinski definition) is 4. The molecule has 1 spiro atoms. The fraction of sp³-hybridized carbons (Fsp3) is 0.138. The van der Waals surface area contributed by atoms with Crippen LogP contribution in [0.1, 0.15) is 39.1 Å². The molecule has 5 nitrogen and oxygen atoms in total. The van der Waals surface area contributed by atoms with Crippen molar-refractivity contribution >= 4 is 29.0 Å². The number of hydrogen-bond donors (Lipinski definition) is 2. The van der Waals surface area contributed by atoms with Gasteiger partial charge in [-0.15, -0.1) is 0 Å². The van der Waals surface area contributed by atoms with Crippen LogP contribution in [0.25, 0.3) is 0 Å². The molecular formula is C29H22ClN3O2. The molecule has 1 aromatic heterocycles. The molecule has 0 aliphatic carbocycles. The monoisotopic (exact) mass is 479 g/mol. The van der Waals surface area contributed by atoms with E-state index in [1.807, 2.05) is 78.9 Å². The zero-order valence-corrected chi connectivity index (χ0v) is 19.4. The van der Waals surface area contributed by atoms with Crippen LogP contribution in [0.2, 0.25) is 5.02 Å². The number of carbonyl (C=O) groups excluding carboxylic acids is 2. The van der Waals surface area contributed by atoms with E-state index in [4.69, 9.17) is 11.6 Å². The Morgan fingerprint density at radius 2 is 1.57 bits per heavy atom. The predicted octanol–water partition coefficient (Wildman–Crippen LogP) is 5.51. The first kappa shape index (κ1) is 21.7. The molecule has 4 atom stereocenters. The van der Waals surface area contributed by atoms with Crippen molar-refractivity contribution in [2.24, 2.45) is 5.92 Å². The second kappa shape index (κ2) is 8.45. The molecule has 4 aromatic rings. The van der Waals surface area contributed by atoms with Crippen LogP contribution in [0.5, 0.6) is 0 Å². The van der Waals surface area contributed by atoms with E-state index in [9.17, 15) is 9.59 Å². The van der Waals surface area contributed by atoms with Crippen LogP contribution in [0.3, 0.4) is 0 Å². The number of rotatable bonds is 4. The van der Waals surface area contributed by atoms with Gasteiger partial charge < -0.3 is 5.32 Å². The average molecular weight is 480 g/mol. The molecule has 1 fully saturated rings. The smallest absolute Gasteiger partial charge is 0.250 e. The van der Waals surface area contributed by atoms with Crippen molar-refractivity contribution in [2.45, 2.75) is 17.5 Å². The van der Waals surface area contributed by atoms with Crippen molar-refractivity contribution in [1.82, 2.24) is 10.3 Å². The summed E-state index contributed by atoms with van der Waals surface area (Å²) in [5, 5.41) is 7.22. The van der Waals surface area contributed by atoms with Gasteiger partial charge in [-0.2, -0.15) is 0 Å². The van der Waals surface area contributed by atoms with E-state index in [1.54, 1.807) is 24.4 Å². The standard InChI is InChI=1S/C29H22ClN3O2/c30-21-14-6-4-12-19(21)24-25(27(34)23-16-8-9-17-31-23)29(33-26(24)18-10-2-1-3-11-18)20-13-5-7-15-22(20)32-28(29)35/h1-17,24-26,33H,(H,32,35)/t24-,25+,26+,29?/m1/s1. The van der Waals surface area contributed by atoms with Crippen LogP contribution in [0.4, 0.5) is 5.69 Å². The number of ketones is 1. The molecule has 3 aromatic carbocycles. The summed E-state index contributed by atoms with van der Waals surface area (Å²) in [5.74, 6) is -1.65. The maximum Gasteiger partial charge on any atom is 0.250 e. The van der Waals surface area contributed by atoms with Gasteiger partial charge in [-0.1, -0.05) is 84.4 Å². The number of carbonyl (C=O) groups is 2. The normalized spacial score (nSPS) is 24.8. The summed E-state index contributed by atoms with van der Waals surface area (Å²) in [6.45, 7) is 0. The first-order valence-electron chi connectivity index (χ1n) is 11.5. The van der Waals surface area contributed by atoms with Crippen molar-refractivity contribution in [3.8, 4) is 0 Å². The highest BCUT2D eigenvalue weighted by molar-refractivity contribution is 6.31. The maximum atomic E-state index is 14.3. The van der Waals surface area contributed by atoms with Crippen LogP contribution in [0, 0.1) is 5.92 Å². The molecule has 1 amide bonds. The van der Waals surface area contributed by atoms with Gasteiger partial charge in [0.15, 0.2) is 5.78 Å². The van der Waals surface area contributed by atoms with E-state index in [0.717, 1.165) is 16.7 Å². The second-order valence-electron chi connectivity index (χ2n) is 8.94. The number of fused-ring (bicyclic) bond motifs is 2. The van der Waals surface area contributed by atoms with Crippen LogP contribution >= 0.6 is 11.6 Å². The van der Waals surface area contributed by atoms with E-state index >= 15 is 0 Å². The highest BCUT2D eigenvalue weighted by atomic mass is 35.5. The molecule has 1 saturated heterocycles. The van der Waals surface area contributed by atoms with Crippen molar-refractivity contribution in [2.75, 3.05) is 5.32 Å². The van der Waals surface area contributed by atoms with E-state index in [0.29, 0.717) is 16.4 Å². The Morgan fingerprint density at radius 1 is 0.857 bits per heavy atom. The fourth-order valence-corrected chi connectivity index (χ4v) is 5.96. The minimum Gasteiger partial charge on any atom is -0.324 e. The zero-order chi connectivity index (χ0) is 24.0. The third-order valence-corrected chi connectivity index (χ3v) is 7.49. The molecule has 35 heavy (non-hydrogen) atoms. The molecule has 6 rings (SSSR count). The van der Waals surface area contributed by atoms with Gasteiger partial charge in [0.05, 0.1) is 5.92 Å². The molecule has 2 N–H and O–H groups in total. The number of aromatic nitrogens is 1. The van der Waals surface area contributed by atoms with Gasteiger partial charge in [-0.25, -0.2) is 0 Å². The van der Waals surface area contributed by atoms with Gasteiger partial charge in [-0.05, 0) is 35.4 Å². The first-order chi connectivity index (χ1) is 17.1. The highest BCUT2D eigenvalue weighted by Crippen LogP contribution is 2.58. The van der Waals surface area contributed by atoms with Gasteiger partial charge in [0.2, 0.25) is 5.91 Å². The van der Waals surface area contributed by atoms with Crippen LogP contribution in [0.15, 0.2) is 103 Å². The van der Waals surface area contributed by atoms with Gasteiger partial charge in [-0.3, -0.25) is 19.9 Å². The van der Waals surface area contributed by atoms with Crippen molar-refractivity contribution < 1.29 is 9.59 Å². The third kappa shape index (κ3) is 3.31. The first-order valence-corrected chi connectivity index (χ1v) is 11.9. The number of halogens is 1. The number of benzene rings is 3. The Kier molecular flexibility index (Phi) is 5.24. The minimum atomic E-state index is -1.28. The number of anilines is 1. The number of pyridine rings is 1. The van der Waals surface area contributed by atoms with Gasteiger partial charge in [0.1, 0.15) is 11.2 Å². The quantitative estimate of drug-likeness (QED) is 0.379. The van der Waals surface area contributed by atoms with E-state index in [1.165, 1.54) is 0 Å². The van der Waals surface area contributed by atoms with Crippen LogP contribution in [-0.4, -0.2) is 16.7 Å². The lowest BCUT2D eigenvalue weighted by Crippen LogP contribution is -2.51. The van der Waals surface area contributed by atoms with Crippen molar-refractivity contribution in [1.29, 1.82) is 0 Å². The SMILES string of the molecule is O=C(c1ccccn1)[C@@H]1[C@@H](c2ccccc2Cl)[C@H](c2ccccc2)NC12C(=O)Nc1ccccc12. The molecular weight excluding hydrogens is 458 g/mol. The maximum absolute atomic E-state index is 14.3. The molecule has 2 aliphatic heterocycles. The molecule has 1 unspecified atom stereocenters. The van der Waals surface area contributed by atoms with Gasteiger partial charge in [0, 0.05) is 34.4 Å². The number of nitrogens with one attached hydrogen (secondary N) is 2. The van der Waals surface area contributed by atoms with Crippen LogP contribution in [-0.2, 0) is 10.3 Å². The van der Waals surface area contributed by atoms with E-state index in [2.05, 4.69) is 15.6 Å². The summed E-state index contributed by atoms with van der Waals surface area (Å²) in [5.41, 5.74) is 2.30. The summed E-state index contributed by atoms with van der Waals surface area (Å²) in [6, 6.07) is 29.9. The summed E-state index contributed by atoms with van der Waals surface area (Å²) < 4.78 is 0. The summed E-state index contributed by atoms with van der Waals surface area (Å²) in [7, 11) is 0. The lowest BCUT2D eigenvalue weighted by molar-refractivity contribution is -0.122. The lowest BCUT2D eigenvalue weighted by atomic mass is 9.69. The molecule has 6 heteroatoms. The fourth-order valence-electron chi connectivity index (χ4n) is 5.70. The number of para-hydroxylation sites is 1. The highest BCUT2D eigenvalue weighted by Gasteiger charge is 2.65. The Balaban J connectivity index is 1.64. The number of Topliss-reactive ketones (excluding diaryl/α,β-unsaturated/α-hetero) is 1. The molecule has 3 heterocycles. The van der Waals surface area contributed by atoms with Crippen molar-refractivity contribution in [3.63, 3.8) is 0 Å². The Bertz CT molecular complexity index is 1430. The summed E-state index contributed by atoms with van der Waals surface area (Å²) in [4.78, 5) is 32.5. The topological polar surface area (TPSA) is 71.1 Å². The zero-order valence-electron chi connectivity index (χ0n) is 18.7. The Hall–Kier alpha value is -3.80. The average Bonchev–Trinajstić information content (AvgIpc) is 3.40.